The van der Waals surface area contributed by atoms with E-state index in [0.29, 0.717) is 9.52 Å². The highest BCUT2D eigenvalue weighted by molar-refractivity contribution is 9.10. The fraction of sp³-hybridized carbons (Fsp3) is 0.412. The van der Waals surface area contributed by atoms with Crippen molar-refractivity contribution < 1.29 is 23.8 Å². The molecule has 0 bridgehead atoms. The zero-order valence-corrected chi connectivity index (χ0v) is 16.5. The Kier molecular flexibility index (Phi) is 6.89. The molecule has 0 spiro atoms. The lowest BCUT2D eigenvalue weighted by atomic mass is 10.1. The summed E-state index contributed by atoms with van der Waals surface area (Å²) in [6, 6.07) is 3.03. The van der Waals surface area contributed by atoms with Gasteiger partial charge in [0.25, 0.3) is 0 Å². The number of aliphatic hydroxyl groups excluding tert-OH is 1. The zero-order valence-electron chi connectivity index (χ0n) is 14.1. The highest BCUT2D eigenvalue weighted by atomic mass is 79.9. The average Bonchev–Trinajstić information content (AvgIpc) is 3.38. The number of nitrogens with zero attached hydrogens (tertiary/aromatic N) is 1. The lowest BCUT2D eigenvalue weighted by Crippen LogP contribution is -2.17. The van der Waals surface area contributed by atoms with Crippen LogP contribution in [-0.2, 0) is 9.53 Å². The molecule has 1 aromatic carbocycles. The molecule has 1 aliphatic carbocycles. The molecule has 2 rings (SSSR count). The molecule has 0 radical (unpaired) electrons. The summed E-state index contributed by atoms with van der Waals surface area (Å²) in [7, 11) is 1.32. The number of hydrogen-bond acceptors (Lipinski definition) is 6. The minimum Gasteiger partial charge on any atom is -0.506 e. The smallest absolute Gasteiger partial charge is 0.344 e. The van der Waals surface area contributed by atoms with Crippen molar-refractivity contribution in [3.63, 3.8) is 0 Å². The molecule has 0 aromatic heterocycles. The number of ether oxygens (including phenoxy) is 2. The van der Waals surface area contributed by atoms with Crippen molar-refractivity contribution in [1.82, 2.24) is 0 Å². The highest BCUT2D eigenvalue weighted by Gasteiger charge is 2.29. The third-order valence-electron chi connectivity index (χ3n) is 3.48. The summed E-state index contributed by atoms with van der Waals surface area (Å²) < 4.78 is 25.1. The number of aliphatic hydroxyl groups is 1. The van der Waals surface area contributed by atoms with Crippen molar-refractivity contribution in [2.24, 2.45) is 4.99 Å². The van der Waals surface area contributed by atoms with Gasteiger partial charge in [-0.1, -0.05) is 0 Å². The van der Waals surface area contributed by atoms with E-state index in [1.165, 1.54) is 31.0 Å². The van der Waals surface area contributed by atoms with E-state index in [1.807, 2.05) is 0 Å². The van der Waals surface area contributed by atoms with E-state index >= 15 is 0 Å². The fourth-order valence-electron chi connectivity index (χ4n) is 2.11. The van der Waals surface area contributed by atoms with Gasteiger partial charge in [-0.05, 0) is 54.1 Å². The Morgan fingerprint density at radius 3 is 2.68 bits per heavy atom. The van der Waals surface area contributed by atoms with Crippen LogP contribution < -0.4 is 4.74 Å². The Morgan fingerprint density at radius 2 is 2.16 bits per heavy atom. The molecule has 0 amide bonds. The number of esters is 1. The number of aliphatic imine (C=N–C) groups is 1. The van der Waals surface area contributed by atoms with Gasteiger partial charge in [0, 0.05) is 0 Å². The molecule has 0 aliphatic heterocycles. The van der Waals surface area contributed by atoms with Crippen molar-refractivity contribution in [3.8, 4) is 5.75 Å². The Hall–Kier alpha value is -1.54. The van der Waals surface area contributed by atoms with Gasteiger partial charge in [0.05, 0.1) is 29.8 Å². The first-order chi connectivity index (χ1) is 11.9. The van der Waals surface area contributed by atoms with Crippen LogP contribution in [0.3, 0.4) is 0 Å². The van der Waals surface area contributed by atoms with E-state index in [1.54, 1.807) is 13.2 Å². The molecule has 1 N–H and O–H groups in total. The summed E-state index contributed by atoms with van der Waals surface area (Å²) >= 11 is 4.39. The second-order valence-corrected chi connectivity index (χ2v) is 6.91. The number of methoxy groups -OCH3 is 1. The van der Waals surface area contributed by atoms with Crippen molar-refractivity contribution >= 4 is 44.5 Å². The molecule has 1 aliphatic rings. The topological polar surface area (TPSA) is 68.1 Å². The van der Waals surface area contributed by atoms with E-state index in [0.717, 1.165) is 12.8 Å². The summed E-state index contributed by atoms with van der Waals surface area (Å²) in [5.41, 5.74) is -0.287. The lowest BCUT2D eigenvalue weighted by Gasteiger charge is -2.14. The SMILES string of the molecule is CCOC(=O)/C(C(=NC1CC1)SC)=C(/O)c1ccc(Br)c(OC)c1F. The molecule has 1 fully saturated rings. The van der Waals surface area contributed by atoms with Gasteiger partial charge < -0.3 is 14.6 Å². The third kappa shape index (κ3) is 4.55. The van der Waals surface area contributed by atoms with Crippen molar-refractivity contribution in [2.75, 3.05) is 20.0 Å². The number of rotatable bonds is 6. The van der Waals surface area contributed by atoms with E-state index in [4.69, 9.17) is 9.47 Å². The van der Waals surface area contributed by atoms with E-state index in [9.17, 15) is 14.3 Å². The lowest BCUT2D eigenvalue weighted by molar-refractivity contribution is -0.137. The number of carbonyl (C=O) groups is 1. The first kappa shape index (κ1) is 19.8. The second kappa shape index (κ2) is 8.71. The Bertz CT molecular complexity index is 732. The summed E-state index contributed by atoms with van der Waals surface area (Å²) in [4.78, 5) is 16.8. The van der Waals surface area contributed by atoms with Gasteiger partial charge in [-0.15, -0.1) is 11.8 Å². The molecule has 0 saturated heterocycles. The molecule has 1 saturated carbocycles. The van der Waals surface area contributed by atoms with Gasteiger partial charge >= 0.3 is 5.97 Å². The van der Waals surface area contributed by atoms with Gasteiger partial charge in [0.1, 0.15) is 16.4 Å². The summed E-state index contributed by atoms with van der Waals surface area (Å²) in [5, 5.41) is 11.0. The standard InChI is InChI=1S/C17H19BrFNO4S/c1-4-24-17(22)12(16(25-3)20-9-5-6-9)14(21)10-7-8-11(18)15(23-2)13(10)19/h7-9,21H,4-6H2,1-3H3/b14-12+,20-16?. The van der Waals surface area contributed by atoms with E-state index in [2.05, 4.69) is 20.9 Å². The summed E-state index contributed by atoms with van der Waals surface area (Å²) in [6.45, 7) is 1.79. The summed E-state index contributed by atoms with van der Waals surface area (Å²) in [6.07, 6.45) is 3.61. The van der Waals surface area contributed by atoms with Crippen LogP contribution in [0.15, 0.2) is 27.2 Å². The van der Waals surface area contributed by atoms with Crippen LogP contribution in [0, 0.1) is 5.82 Å². The molecule has 0 heterocycles. The van der Waals surface area contributed by atoms with Gasteiger partial charge in [0.2, 0.25) is 0 Å². The quantitative estimate of drug-likeness (QED) is 0.238. The number of halogens is 2. The minimum atomic E-state index is -0.775. The molecule has 25 heavy (non-hydrogen) atoms. The maximum atomic E-state index is 14.7. The van der Waals surface area contributed by atoms with E-state index < -0.39 is 17.5 Å². The zero-order chi connectivity index (χ0) is 18.6. The average molecular weight is 432 g/mol. The van der Waals surface area contributed by atoms with E-state index in [-0.39, 0.29) is 29.5 Å². The van der Waals surface area contributed by atoms with Crippen LogP contribution in [0.25, 0.3) is 5.76 Å². The predicted molar refractivity (Wildman–Crippen MR) is 101 cm³/mol. The van der Waals surface area contributed by atoms with Gasteiger partial charge in [0.15, 0.2) is 11.6 Å². The van der Waals surface area contributed by atoms with Crippen LogP contribution in [0.1, 0.15) is 25.3 Å². The van der Waals surface area contributed by atoms with Crippen LogP contribution >= 0.6 is 27.7 Å². The minimum absolute atomic E-state index is 0.0582. The number of thioether (sulfide) groups is 1. The van der Waals surface area contributed by atoms with Gasteiger partial charge in [-0.2, -0.15) is 0 Å². The van der Waals surface area contributed by atoms with Crippen molar-refractivity contribution in [1.29, 1.82) is 0 Å². The predicted octanol–water partition coefficient (Wildman–Crippen LogP) is 4.35. The first-order valence-electron chi connectivity index (χ1n) is 7.69. The molecule has 1 aromatic rings. The van der Waals surface area contributed by atoms with Crippen molar-refractivity contribution in [2.45, 2.75) is 25.8 Å². The molecular formula is C17H19BrFNO4S. The fourth-order valence-corrected chi connectivity index (χ4v) is 3.22. The van der Waals surface area contributed by atoms with Crippen molar-refractivity contribution in [3.05, 3.63) is 33.6 Å². The second-order valence-electron chi connectivity index (χ2n) is 5.26. The number of benzene rings is 1. The molecule has 5 nitrogen and oxygen atoms in total. The van der Waals surface area contributed by atoms with Crippen LogP contribution in [0.2, 0.25) is 0 Å². The Morgan fingerprint density at radius 1 is 1.48 bits per heavy atom. The Labute approximate surface area is 158 Å². The maximum absolute atomic E-state index is 14.7. The van der Waals surface area contributed by atoms with Crippen LogP contribution in [0.4, 0.5) is 4.39 Å². The highest BCUT2D eigenvalue weighted by Crippen LogP contribution is 2.35. The molecule has 136 valence electrons. The monoisotopic (exact) mass is 431 g/mol. The van der Waals surface area contributed by atoms with Gasteiger partial charge in [-0.3, -0.25) is 4.99 Å². The Balaban J connectivity index is 2.63. The number of carbonyl (C=O) groups excluding carboxylic acids is 1. The molecule has 0 unspecified atom stereocenters. The third-order valence-corrected chi connectivity index (χ3v) is 4.80. The molecule has 0 atom stereocenters. The molecular weight excluding hydrogens is 413 g/mol. The first-order valence-corrected chi connectivity index (χ1v) is 9.71. The van der Waals surface area contributed by atoms with Crippen LogP contribution in [0.5, 0.6) is 5.75 Å². The summed E-state index contributed by atoms with van der Waals surface area (Å²) in [5.74, 6) is -2.09. The van der Waals surface area contributed by atoms with Gasteiger partial charge in [-0.25, -0.2) is 9.18 Å². The largest absolute Gasteiger partial charge is 0.506 e. The normalized spacial score (nSPS) is 15.6. The molecule has 8 heteroatoms. The maximum Gasteiger partial charge on any atom is 0.344 e. The number of hydrogen-bond donors (Lipinski definition) is 1. The van der Waals surface area contributed by atoms with Crippen LogP contribution in [-0.4, -0.2) is 42.1 Å².